The topological polar surface area (TPSA) is 30.5 Å². The van der Waals surface area contributed by atoms with E-state index in [1.807, 2.05) is 12.1 Å². The van der Waals surface area contributed by atoms with E-state index in [1.165, 1.54) is 17.7 Å². The van der Waals surface area contributed by atoms with Gasteiger partial charge in [-0.15, -0.1) is 0 Å². The van der Waals surface area contributed by atoms with Gasteiger partial charge in [0.15, 0.2) is 0 Å². The molecule has 0 radical (unpaired) electrons. The van der Waals surface area contributed by atoms with E-state index >= 15 is 0 Å². The van der Waals surface area contributed by atoms with Crippen molar-refractivity contribution < 1.29 is 9.47 Å². The minimum absolute atomic E-state index is 0.606. The largest absolute Gasteiger partial charge is 0.489 e. The third-order valence-electron chi connectivity index (χ3n) is 2.58. The number of nitrogens with one attached hydrogen (secondary N) is 1. The van der Waals surface area contributed by atoms with Crippen molar-refractivity contribution in [3.05, 3.63) is 23.8 Å². The van der Waals surface area contributed by atoms with Gasteiger partial charge < -0.3 is 14.8 Å². The molecule has 0 saturated heterocycles. The van der Waals surface area contributed by atoms with Gasteiger partial charge in [0.2, 0.25) is 0 Å². The van der Waals surface area contributed by atoms with Gasteiger partial charge in [0.1, 0.15) is 12.4 Å². The number of methoxy groups -OCH3 is 1. The first-order valence-corrected chi connectivity index (χ1v) is 5.39. The van der Waals surface area contributed by atoms with Crippen LogP contribution in [0.4, 0.5) is 5.69 Å². The normalized spacial score (nSPS) is 14.2. The molecule has 1 N–H and O–H groups in total. The summed E-state index contributed by atoms with van der Waals surface area (Å²) >= 11 is 0. The van der Waals surface area contributed by atoms with Crippen molar-refractivity contribution in [1.29, 1.82) is 0 Å². The summed E-state index contributed by atoms with van der Waals surface area (Å²) < 4.78 is 10.6. The van der Waals surface area contributed by atoms with Crippen LogP contribution < -0.4 is 10.1 Å². The molecular weight excluding hydrogens is 190 g/mol. The highest BCUT2D eigenvalue weighted by atomic mass is 16.5. The molecule has 3 heteroatoms. The van der Waals surface area contributed by atoms with E-state index in [2.05, 4.69) is 11.4 Å². The van der Waals surface area contributed by atoms with Crippen molar-refractivity contribution in [2.24, 2.45) is 0 Å². The molecule has 0 spiro atoms. The zero-order valence-corrected chi connectivity index (χ0v) is 9.08. The average Bonchev–Trinajstić information content (AvgIpc) is 2.30. The summed E-state index contributed by atoms with van der Waals surface area (Å²) in [4.78, 5) is 0. The lowest BCUT2D eigenvalue weighted by molar-refractivity contribution is 0.146. The Morgan fingerprint density at radius 3 is 3.13 bits per heavy atom. The maximum atomic E-state index is 5.66. The number of hydrogen-bond acceptors (Lipinski definition) is 3. The molecule has 0 fully saturated rings. The summed E-state index contributed by atoms with van der Waals surface area (Å²) in [7, 11) is 1.68. The van der Waals surface area contributed by atoms with Crippen LogP contribution in [0, 0.1) is 0 Å². The van der Waals surface area contributed by atoms with Gasteiger partial charge in [-0.3, -0.25) is 0 Å². The fourth-order valence-corrected chi connectivity index (χ4v) is 1.83. The van der Waals surface area contributed by atoms with E-state index in [0.29, 0.717) is 13.2 Å². The summed E-state index contributed by atoms with van der Waals surface area (Å²) in [6.07, 6.45) is 2.35. The summed E-state index contributed by atoms with van der Waals surface area (Å²) in [6.45, 7) is 2.27. The highest BCUT2D eigenvalue weighted by Crippen LogP contribution is 2.31. The Hall–Kier alpha value is -1.22. The Morgan fingerprint density at radius 1 is 1.33 bits per heavy atom. The average molecular weight is 207 g/mol. The van der Waals surface area contributed by atoms with E-state index in [4.69, 9.17) is 9.47 Å². The van der Waals surface area contributed by atoms with Crippen LogP contribution in [0.15, 0.2) is 18.2 Å². The molecule has 3 nitrogen and oxygen atoms in total. The van der Waals surface area contributed by atoms with Crippen LogP contribution in [-0.2, 0) is 11.2 Å². The number of benzene rings is 1. The number of ether oxygens (including phenoxy) is 2. The quantitative estimate of drug-likeness (QED) is 0.767. The maximum Gasteiger partial charge on any atom is 0.142 e. The van der Waals surface area contributed by atoms with Crippen LogP contribution in [-0.4, -0.2) is 26.9 Å². The van der Waals surface area contributed by atoms with E-state index in [9.17, 15) is 0 Å². The standard InChI is InChI=1S/C12H17NO2/c1-14-8-9-15-11-6-2-4-10-5-3-7-13-12(10)11/h2,4,6,13H,3,5,7-9H2,1H3. The van der Waals surface area contributed by atoms with E-state index in [0.717, 1.165) is 18.7 Å². The lowest BCUT2D eigenvalue weighted by atomic mass is 10.0. The molecule has 0 bridgehead atoms. The highest BCUT2D eigenvalue weighted by molar-refractivity contribution is 5.63. The van der Waals surface area contributed by atoms with Crippen LogP contribution >= 0.6 is 0 Å². The Balaban J connectivity index is 2.09. The SMILES string of the molecule is COCCOc1cccc2c1NCCC2. The summed E-state index contributed by atoms with van der Waals surface area (Å²) in [5, 5.41) is 3.39. The van der Waals surface area contributed by atoms with Crippen molar-refractivity contribution >= 4 is 5.69 Å². The molecule has 1 aromatic rings. The van der Waals surface area contributed by atoms with Gasteiger partial charge in [-0.25, -0.2) is 0 Å². The first kappa shape index (κ1) is 10.3. The predicted molar refractivity (Wildman–Crippen MR) is 60.6 cm³/mol. The second-order valence-corrected chi connectivity index (χ2v) is 3.66. The van der Waals surface area contributed by atoms with Gasteiger partial charge in [0.25, 0.3) is 0 Å². The fraction of sp³-hybridized carbons (Fsp3) is 0.500. The molecule has 1 aliphatic heterocycles. The maximum absolute atomic E-state index is 5.66. The number of para-hydroxylation sites is 1. The minimum Gasteiger partial charge on any atom is -0.489 e. The summed E-state index contributed by atoms with van der Waals surface area (Å²) in [6, 6.07) is 6.21. The molecule has 0 aliphatic carbocycles. The third-order valence-corrected chi connectivity index (χ3v) is 2.58. The van der Waals surface area contributed by atoms with Crippen molar-refractivity contribution in [1.82, 2.24) is 0 Å². The Labute approximate surface area is 90.4 Å². The van der Waals surface area contributed by atoms with Crippen molar-refractivity contribution in [2.45, 2.75) is 12.8 Å². The Bertz CT molecular complexity index is 325. The molecule has 1 aromatic carbocycles. The van der Waals surface area contributed by atoms with Gasteiger partial charge >= 0.3 is 0 Å². The first-order valence-electron chi connectivity index (χ1n) is 5.39. The van der Waals surface area contributed by atoms with Gasteiger partial charge in [-0.2, -0.15) is 0 Å². The molecule has 0 saturated carbocycles. The molecule has 0 atom stereocenters. The number of hydrogen-bond donors (Lipinski definition) is 1. The summed E-state index contributed by atoms with van der Waals surface area (Å²) in [5.41, 5.74) is 2.52. The smallest absolute Gasteiger partial charge is 0.142 e. The van der Waals surface area contributed by atoms with E-state index in [1.54, 1.807) is 7.11 Å². The molecule has 0 unspecified atom stereocenters. The number of fused-ring (bicyclic) bond motifs is 1. The van der Waals surface area contributed by atoms with Gasteiger partial charge in [-0.1, -0.05) is 12.1 Å². The molecule has 82 valence electrons. The second kappa shape index (κ2) is 5.03. The molecule has 15 heavy (non-hydrogen) atoms. The second-order valence-electron chi connectivity index (χ2n) is 3.66. The fourth-order valence-electron chi connectivity index (χ4n) is 1.83. The third kappa shape index (κ3) is 2.42. The first-order chi connectivity index (χ1) is 7.42. The lowest BCUT2D eigenvalue weighted by Crippen LogP contribution is -2.14. The van der Waals surface area contributed by atoms with Crippen LogP contribution in [0.1, 0.15) is 12.0 Å². The Morgan fingerprint density at radius 2 is 2.27 bits per heavy atom. The number of aryl methyl sites for hydroxylation is 1. The summed E-state index contributed by atoms with van der Waals surface area (Å²) in [5.74, 6) is 0.948. The molecular formula is C12H17NO2. The van der Waals surface area contributed by atoms with Gasteiger partial charge in [0.05, 0.1) is 12.3 Å². The molecule has 1 heterocycles. The van der Waals surface area contributed by atoms with Crippen LogP contribution in [0.5, 0.6) is 5.75 Å². The Kier molecular flexibility index (Phi) is 3.45. The van der Waals surface area contributed by atoms with Crippen molar-refractivity contribution in [3.63, 3.8) is 0 Å². The van der Waals surface area contributed by atoms with Crippen LogP contribution in [0.3, 0.4) is 0 Å². The lowest BCUT2D eigenvalue weighted by Gasteiger charge is -2.21. The molecule has 0 aromatic heterocycles. The molecule has 2 rings (SSSR count). The number of anilines is 1. The van der Waals surface area contributed by atoms with E-state index < -0.39 is 0 Å². The van der Waals surface area contributed by atoms with Crippen molar-refractivity contribution in [2.75, 3.05) is 32.2 Å². The highest BCUT2D eigenvalue weighted by Gasteiger charge is 2.12. The molecule has 1 aliphatic rings. The van der Waals surface area contributed by atoms with Crippen LogP contribution in [0.2, 0.25) is 0 Å². The minimum atomic E-state index is 0.606. The van der Waals surface area contributed by atoms with Crippen molar-refractivity contribution in [3.8, 4) is 5.75 Å². The monoisotopic (exact) mass is 207 g/mol. The zero-order chi connectivity index (χ0) is 10.5. The predicted octanol–water partition coefficient (Wildman–Crippen LogP) is 2.07. The van der Waals surface area contributed by atoms with Gasteiger partial charge in [0, 0.05) is 13.7 Å². The number of rotatable bonds is 4. The molecule has 0 amide bonds. The van der Waals surface area contributed by atoms with E-state index in [-0.39, 0.29) is 0 Å². The zero-order valence-electron chi connectivity index (χ0n) is 9.08. The van der Waals surface area contributed by atoms with Crippen LogP contribution in [0.25, 0.3) is 0 Å². The van der Waals surface area contributed by atoms with Gasteiger partial charge in [-0.05, 0) is 24.5 Å².